The van der Waals surface area contributed by atoms with E-state index in [2.05, 4.69) is 4.74 Å². The predicted octanol–water partition coefficient (Wildman–Crippen LogP) is 3.27. The first-order chi connectivity index (χ1) is 7.56. The highest BCUT2D eigenvalue weighted by atomic mass is 35.5. The maximum Gasteiger partial charge on any atom is 0.354 e. The third kappa shape index (κ3) is 1.56. The molecular weight excluding hydrogens is 249 g/mol. The van der Waals surface area contributed by atoms with Gasteiger partial charge in [0.1, 0.15) is 5.69 Å². The van der Waals surface area contributed by atoms with Crippen LogP contribution in [-0.2, 0) is 11.8 Å². The zero-order valence-corrected chi connectivity index (χ0v) is 10.3. The standard InChI is InChI=1S/C11H9Cl2NO2/c1-14-8-4-3-7(12)10(13)6(8)5-9(14)11(15)16-2/h3-5H,1-2H3. The third-order valence-corrected chi connectivity index (χ3v) is 3.33. The molecule has 5 heteroatoms. The number of nitrogens with zero attached hydrogens (tertiary/aromatic N) is 1. The predicted molar refractivity (Wildman–Crippen MR) is 64.3 cm³/mol. The minimum atomic E-state index is -0.397. The number of aryl methyl sites for hydroxylation is 1. The van der Waals surface area contributed by atoms with Gasteiger partial charge in [-0.1, -0.05) is 23.2 Å². The lowest BCUT2D eigenvalue weighted by atomic mass is 10.2. The summed E-state index contributed by atoms with van der Waals surface area (Å²) in [5.41, 5.74) is 1.29. The lowest BCUT2D eigenvalue weighted by Gasteiger charge is -2.02. The summed E-state index contributed by atoms with van der Waals surface area (Å²) in [5, 5.41) is 1.66. The Labute approximate surface area is 103 Å². The lowest BCUT2D eigenvalue weighted by Crippen LogP contribution is -2.06. The SMILES string of the molecule is COC(=O)c1cc2c(Cl)c(Cl)ccc2n1C. The minimum Gasteiger partial charge on any atom is -0.464 e. The fourth-order valence-electron chi connectivity index (χ4n) is 1.65. The van der Waals surface area contributed by atoms with Crippen molar-refractivity contribution >= 4 is 40.1 Å². The summed E-state index contributed by atoms with van der Waals surface area (Å²) in [6.07, 6.45) is 0. The minimum absolute atomic E-state index is 0.397. The molecule has 0 spiro atoms. The average molecular weight is 258 g/mol. The number of fused-ring (bicyclic) bond motifs is 1. The van der Waals surface area contributed by atoms with Crippen LogP contribution in [0.25, 0.3) is 10.9 Å². The van der Waals surface area contributed by atoms with Crippen molar-refractivity contribution in [1.29, 1.82) is 0 Å². The Bertz CT molecular complexity index is 575. The van der Waals surface area contributed by atoms with E-state index in [9.17, 15) is 4.79 Å². The maximum atomic E-state index is 11.5. The van der Waals surface area contributed by atoms with Gasteiger partial charge in [0.25, 0.3) is 0 Å². The van der Waals surface area contributed by atoms with Crippen LogP contribution in [0.3, 0.4) is 0 Å². The molecule has 0 aliphatic carbocycles. The first-order valence-corrected chi connectivity index (χ1v) is 5.33. The van der Waals surface area contributed by atoms with Crippen molar-refractivity contribution in [3.05, 3.63) is 33.9 Å². The number of halogens is 2. The molecule has 0 fully saturated rings. The van der Waals surface area contributed by atoms with Gasteiger partial charge in [0.05, 0.1) is 22.7 Å². The molecule has 0 aliphatic rings. The fraction of sp³-hybridized carbons (Fsp3) is 0.182. The van der Waals surface area contributed by atoms with E-state index in [1.165, 1.54) is 7.11 Å². The zero-order valence-electron chi connectivity index (χ0n) is 8.75. The molecule has 1 heterocycles. The molecular formula is C11H9Cl2NO2. The first-order valence-electron chi connectivity index (χ1n) is 4.58. The van der Waals surface area contributed by atoms with Crippen LogP contribution >= 0.6 is 23.2 Å². The number of hydrogen-bond donors (Lipinski definition) is 0. The molecule has 0 saturated heterocycles. The van der Waals surface area contributed by atoms with Crippen LogP contribution in [0.2, 0.25) is 10.0 Å². The summed E-state index contributed by atoms with van der Waals surface area (Å²) < 4.78 is 6.41. The van der Waals surface area contributed by atoms with Crippen LogP contribution < -0.4 is 0 Å². The van der Waals surface area contributed by atoms with Gasteiger partial charge in [0.15, 0.2) is 0 Å². The molecule has 3 nitrogen and oxygen atoms in total. The second kappa shape index (κ2) is 4.00. The summed E-state index contributed by atoms with van der Waals surface area (Å²) in [4.78, 5) is 11.5. The number of carbonyl (C=O) groups is 1. The smallest absolute Gasteiger partial charge is 0.354 e. The summed E-state index contributed by atoms with van der Waals surface area (Å²) in [6.45, 7) is 0. The highest BCUT2D eigenvalue weighted by molar-refractivity contribution is 6.45. The zero-order chi connectivity index (χ0) is 11.9. The van der Waals surface area contributed by atoms with Gasteiger partial charge in [-0.25, -0.2) is 4.79 Å². The van der Waals surface area contributed by atoms with Gasteiger partial charge in [0.2, 0.25) is 0 Å². The van der Waals surface area contributed by atoms with Gasteiger partial charge in [0, 0.05) is 12.4 Å². The molecule has 0 atom stereocenters. The van der Waals surface area contributed by atoms with Crippen LogP contribution in [0, 0.1) is 0 Å². The van der Waals surface area contributed by atoms with Crippen LogP contribution in [0.15, 0.2) is 18.2 Å². The maximum absolute atomic E-state index is 11.5. The number of aromatic nitrogens is 1. The van der Waals surface area contributed by atoms with Crippen LogP contribution in [0.4, 0.5) is 0 Å². The van der Waals surface area contributed by atoms with Gasteiger partial charge >= 0.3 is 5.97 Å². The Morgan fingerprint density at radius 3 is 2.69 bits per heavy atom. The molecule has 2 aromatic rings. The van der Waals surface area contributed by atoms with E-state index < -0.39 is 5.97 Å². The Balaban J connectivity index is 2.77. The molecule has 0 unspecified atom stereocenters. The fourth-order valence-corrected chi connectivity index (χ4v) is 2.03. The number of hydrogen-bond acceptors (Lipinski definition) is 2. The van der Waals surface area contributed by atoms with Gasteiger partial charge in [-0.2, -0.15) is 0 Å². The monoisotopic (exact) mass is 257 g/mol. The number of rotatable bonds is 1. The number of carbonyl (C=O) groups excluding carboxylic acids is 1. The largest absolute Gasteiger partial charge is 0.464 e. The number of ether oxygens (including phenoxy) is 1. The highest BCUT2D eigenvalue weighted by Crippen LogP contribution is 2.32. The highest BCUT2D eigenvalue weighted by Gasteiger charge is 2.16. The molecule has 16 heavy (non-hydrogen) atoms. The second-order valence-corrected chi connectivity index (χ2v) is 4.16. The van der Waals surface area contributed by atoms with E-state index in [4.69, 9.17) is 23.2 Å². The molecule has 0 radical (unpaired) electrons. The van der Waals surface area contributed by atoms with Gasteiger partial charge in [-0.05, 0) is 18.2 Å². The van der Waals surface area contributed by atoms with Gasteiger partial charge in [-0.15, -0.1) is 0 Å². The van der Waals surface area contributed by atoms with Crippen molar-refractivity contribution in [2.24, 2.45) is 7.05 Å². The molecule has 2 rings (SSSR count). The quantitative estimate of drug-likeness (QED) is 0.735. The molecule has 0 amide bonds. The molecule has 1 aromatic heterocycles. The Morgan fingerprint density at radius 1 is 1.38 bits per heavy atom. The van der Waals surface area contributed by atoms with Crippen molar-refractivity contribution in [1.82, 2.24) is 4.57 Å². The summed E-state index contributed by atoms with van der Waals surface area (Å²) in [7, 11) is 3.12. The van der Waals surface area contributed by atoms with Crippen molar-refractivity contribution in [2.45, 2.75) is 0 Å². The Morgan fingerprint density at radius 2 is 2.06 bits per heavy atom. The van der Waals surface area contributed by atoms with E-state index >= 15 is 0 Å². The average Bonchev–Trinajstić information content (AvgIpc) is 2.61. The van der Waals surface area contributed by atoms with Crippen molar-refractivity contribution in [2.75, 3.05) is 7.11 Å². The molecule has 0 saturated carbocycles. The molecule has 0 bridgehead atoms. The third-order valence-electron chi connectivity index (χ3n) is 2.51. The van der Waals surface area contributed by atoms with E-state index in [-0.39, 0.29) is 0 Å². The summed E-state index contributed by atoms with van der Waals surface area (Å²) in [5.74, 6) is -0.397. The topological polar surface area (TPSA) is 31.2 Å². The van der Waals surface area contributed by atoms with Crippen LogP contribution in [0.1, 0.15) is 10.5 Å². The van der Waals surface area contributed by atoms with Crippen LogP contribution in [0.5, 0.6) is 0 Å². The summed E-state index contributed by atoms with van der Waals surface area (Å²) in [6, 6.07) is 5.19. The van der Waals surface area contributed by atoms with Crippen molar-refractivity contribution in [3.8, 4) is 0 Å². The van der Waals surface area contributed by atoms with Crippen molar-refractivity contribution < 1.29 is 9.53 Å². The van der Waals surface area contributed by atoms with E-state index in [1.54, 1.807) is 23.7 Å². The Hall–Kier alpha value is -1.19. The van der Waals surface area contributed by atoms with E-state index in [0.717, 1.165) is 10.9 Å². The van der Waals surface area contributed by atoms with E-state index in [0.29, 0.717) is 15.7 Å². The Kier molecular flexibility index (Phi) is 2.82. The summed E-state index contributed by atoms with van der Waals surface area (Å²) >= 11 is 12.0. The lowest BCUT2D eigenvalue weighted by molar-refractivity contribution is 0.0590. The molecule has 0 N–H and O–H groups in total. The molecule has 84 valence electrons. The van der Waals surface area contributed by atoms with Gasteiger partial charge in [-0.3, -0.25) is 0 Å². The molecule has 1 aromatic carbocycles. The second-order valence-electron chi connectivity index (χ2n) is 3.37. The number of benzene rings is 1. The van der Waals surface area contributed by atoms with E-state index in [1.807, 2.05) is 6.07 Å². The van der Waals surface area contributed by atoms with Gasteiger partial charge < -0.3 is 9.30 Å². The normalized spacial score (nSPS) is 10.8. The van der Waals surface area contributed by atoms with Crippen LogP contribution in [-0.4, -0.2) is 17.6 Å². The molecule has 0 aliphatic heterocycles. The first kappa shape index (κ1) is 11.3. The number of esters is 1. The van der Waals surface area contributed by atoms with Crippen molar-refractivity contribution in [3.63, 3.8) is 0 Å². The number of methoxy groups -OCH3 is 1.